The van der Waals surface area contributed by atoms with Crippen molar-refractivity contribution in [3.8, 4) is 0 Å². The van der Waals surface area contributed by atoms with Crippen molar-refractivity contribution in [1.82, 2.24) is 19.4 Å². The van der Waals surface area contributed by atoms with E-state index in [9.17, 15) is 8.42 Å². The van der Waals surface area contributed by atoms with Crippen LogP contribution >= 0.6 is 0 Å². The predicted octanol–water partition coefficient (Wildman–Crippen LogP) is -0.896. The van der Waals surface area contributed by atoms with Crippen LogP contribution in [-0.4, -0.2) is 61.5 Å². The zero-order valence-electron chi connectivity index (χ0n) is 10.9. The topological polar surface area (TPSA) is 87.5 Å². The lowest BCUT2D eigenvalue weighted by Gasteiger charge is -2.19. The van der Waals surface area contributed by atoms with Crippen molar-refractivity contribution in [3.63, 3.8) is 0 Å². The van der Waals surface area contributed by atoms with E-state index in [1.54, 1.807) is 0 Å². The molecule has 0 aliphatic heterocycles. The molecule has 0 fully saturated rings. The molecule has 1 aromatic heterocycles. The fraction of sp³-hybridized carbons (Fsp3) is 0.700. The molecule has 0 amide bonds. The van der Waals surface area contributed by atoms with Crippen LogP contribution in [0.25, 0.3) is 0 Å². The largest absolute Gasteiger partial charge is 0.394 e. The minimum atomic E-state index is -3.53. The van der Waals surface area contributed by atoms with Crippen molar-refractivity contribution in [3.05, 3.63) is 12.4 Å². The maximum atomic E-state index is 11.9. The number of sulfonamides is 1. The molecular weight excluding hydrogens is 256 g/mol. The summed E-state index contributed by atoms with van der Waals surface area (Å²) >= 11 is 0. The first-order chi connectivity index (χ1) is 8.36. The van der Waals surface area contributed by atoms with Crippen molar-refractivity contribution in [1.29, 1.82) is 0 Å². The Bertz CT molecular complexity index is 469. The molecule has 0 aromatic carbocycles. The smallest absolute Gasteiger partial charge is 0.243 e. The first kappa shape index (κ1) is 15.1. The summed E-state index contributed by atoms with van der Waals surface area (Å²) in [7, 11) is 0.246. The molecule has 1 unspecified atom stereocenters. The van der Waals surface area contributed by atoms with Gasteiger partial charge in [0.15, 0.2) is 0 Å². The number of aliphatic hydroxyl groups is 1. The summed E-state index contributed by atoms with van der Waals surface area (Å²) in [6, 6.07) is 0.104. The lowest BCUT2D eigenvalue weighted by molar-refractivity contribution is 0.269. The first-order valence-corrected chi connectivity index (χ1v) is 7.14. The normalized spacial score (nSPS) is 14.1. The van der Waals surface area contributed by atoms with Gasteiger partial charge < -0.3 is 10.0 Å². The van der Waals surface area contributed by atoms with E-state index in [0.29, 0.717) is 6.54 Å². The monoisotopic (exact) mass is 276 g/mol. The molecule has 0 saturated carbocycles. The van der Waals surface area contributed by atoms with Crippen molar-refractivity contribution in [2.45, 2.75) is 24.4 Å². The zero-order valence-corrected chi connectivity index (χ0v) is 11.7. The highest BCUT2D eigenvalue weighted by molar-refractivity contribution is 7.89. The number of nitrogens with one attached hydrogen (secondary N) is 1. The van der Waals surface area contributed by atoms with Gasteiger partial charge in [-0.05, 0) is 21.0 Å². The van der Waals surface area contributed by atoms with Gasteiger partial charge in [-0.2, -0.15) is 5.10 Å². The van der Waals surface area contributed by atoms with Crippen LogP contribution in [0.2, 0.25) is 0 Å². The second kappa shape index (κ2) is 6.28. The Morgan fingerprint density at radius 3 is 2.78 bits per heavy atom. The Morgan fingerprint density at radius 1 is 1.56 bits per heavy atom. The van der Waals surface area contributed by atoms with E-state index in [-0.39, 0.29) is 24.1 Å². The lowest BCUT2D eigenvalue weighted by atomic mass is 10.3. The highest BCUT2D eigenvalue weighted by Crippen LogP contribution is 2.07. The molecule has 0 bridgehead atoms. The van der Waals surface area contributed by atoms with Crippen LogP contribution in [0.5, 0.6) is 0 Å². The van der Waals surface area contributed by atoms with Crippen molar-refractivity contribution in [2.24, 2.45) is 0 Å². The second-order valence-corrected chi connectivity index (χ2v) is 6.09. The summed E-state index contributed by atoms with van der Waals surface area (Å²) in [5.74, 6) is 0. The Kier molecular flexibility index (Phi) is 5.27. The predicted molar refractivity (Wildman–Crippen MR) is 67.7 cm³/mol. The molecule has 0 saturated heterocycles. The Balaban J connectivity index is 2.68. The Labute approximate surface area is 107 Å². The van der Waals surface area contributed by atoms with E-state index in [2.05, 4.69) is 9.82 Å². The van der Waals surface area contributed by atoms with Crippen LogP contribution in [0.4, 0.5) is 0 Å². The van der Waals surface area contributed by atoms with Crippen molar-refractivity contribution >= 4 is 10.0 Å². The zero-order chi connectivity index (χ0) is 13.8. The third-order valence-electron chi connectivity index (χ3n) is 2.70. The molecule has 0 aliphatic rings. The van der Waals surface area contributed by atoms with Crippen LogP contribution < -0.4 is 4.72 Å². The Morgan fingerprint density at radius 2 is 2.22 bits per heavy atom. The Hall–Kier alpha value is -0.960. The van der Waals surface area contributed by atoms with Crippen LogP contribution in [0.1, 0.15) is 6.92 Å². The van der Waals surface area contributed by atoms with Gasteiger partial charge in [0, 0.05) is 18.8 Å². The summed E-state index contributed by atoms with van der Waals surface area (Å²) in [5, 5.41) is 12.6. The van der Waals surface area contributed by atoms with E-state index >= 15 is 0 Å². The van der Waals surface area contributed by atoms with Crippen molar-refractivity contribution < 1.29 is 13.5 Å². The maximum Gasteiger partial charge on any atom is 0.243 e. The van der Waals surface area contributed by atoms with Gasteiger partial charge in [-0.15, -0.1) is 0 Å². The van der Waals surface area contributed by atoms with E-state index < -0.39 is 10.0 Å². The minimum absolute atomic E-state index is 0.0771. The van der Waals surface area contributed by atoms with Gasteiger partial charge in [0.1, 0.15) is 4.90 Å². The average Bonchev–Trinajstić information content (AvgIpc) is 2.75. The van der Waals surface area contributed by atoms with Gasteiger partial charge in [-0.3, -0.25) is 4.68 Å². The average molecular weight is 276 g/mol. The van der Waals surface area contributed by atoms with E-state index in [0.717, 1.165) is 0 Å². The summed E-state index contributed by atoms with van der Waals surface area (Å²) in [6.07, 6.45) is 2.68. The van der Waals surface area contributed by atoms with Crippen LogP contribution in [0.3, 0.4) is 0 Å². The van der Waals surface area contributed by atoms with Gasteiger partial charge in [-0.1, -0.05) is 0 Å². The van der Waals surface area contributed by atoms with Gasteiger partial charge in [-0.25, -0.2) is 13.1 Å². The SMILES string of the molecule is CC(CNS(=O)(=O)c1cnn(CCO)c1)N(C)C. The highest BCUT2D eigenvalue weighted by Gasteiger charge is 2.17. The highest BCUT2D eigenvalue weighted by atomic mass is 32.2. The van der Waals surface area contributed by atoms with E-state index in [4.69, 9.17) is 5.11 Å². The molecule has 0 radical (unpaired) electrons. The molecule has 1 heterocycles. The number of likely N-dealkylation sites (N-methyl/N-ethyl adjacent to an activating group) is 1. The van der Waals surface area contributed by atoms with Gasteiger partial charge in [0.05, 0.1) is 19.3 Å². The maximum absolute atomic E-state index is 11.9. The van der Waals surface area contributed by atoms with Crippen LogP contribution in [0.15, 0.2) is 17.3 Å². The number of aliphatic hydroxyl groups excluding tert-OH is 1. The molecule has 0 aliphatic carbocycles. The number of hydrogen-bond donors (Lipinski definition) is 2. The summed E-state index contributed by atoms with van der Waals surface area (Å²) in [4.78, 5) is 2.04. The van der Waals surface area contributed by atoms with E-state index in [1.165, 1.54) is 17.1 Å². The quantitative estimate of drug-likeness (QED) is 0.674. The number of rotatable bonds is 7. The number of hydrogen-bond acceptors (Lipinski definition) is 5. The molecule has 1 aromatic rings. The fourth-order valence-electron chi connectivity index (χ4n) is 1.20. The molecule has 7 nitrogen and oxygen atoms in total. The standard InChI is InChI=1S/C10H20N4O3S/c1-9(13(2)3)6-12-18(16,17)10-7-11-14(8-10)4-5-15/h7-9,12,15H,4-6H2,1-3H3. The fourth-order valence-corrected chi connectivity index (χ4v) is 2.28. The summed E-state index contributed by atoms with van der Waals surface area (Å²) in [5.41, 5.74) is 0. The molecule has 18 heavy (non-hydrogen) atoms. The molecule has 0 spiro atoms. The molecule has 2 N–H and O–H groups in total. The first-order valence-electron chi connectivity index (χ1n) is 5.66. The van der Waals surface area contributed by atoms with Crippen molar-refractivity contribution in [2.75, 3.05) is 27.2 Å². The van der Waals surface area contributed by atoms with Crippen LogP contribution in [-0.2, 0) is 16.6 Å². The third-order valence-corrected chi connectivity index (χ3v) is 4.08. The summed E-state index contributed by atoms with van der Waals surface area (Å²) < 4.78 is 27.8. The third kappa shape index (κ3) is 4.05. The second-order valence-electron chi connectivity index (χ2n) is 4.33. The summed E-state index contributed by atoms with van der Waals surface area (Å²) in [6.45, 7) is 2.47. The molecule has 1 rings (SSSR count). The lowest BCUT2D eigenvalue weighted by Crippen LogP contribution is -2.38. The van der Waals surface area contributed by atoms with Gasteiger partial charge in [0.2, 0.25) is 10.0 Å². The van der Waals surface area contributed by atoms with Crippen LogP contribution in [0, 0.1) is 0 Å². The molecule has 104 valence electrons. The van der Waals surface area contributed by atoms with E-state index in [1.807, 2.05) is 25.9 Å². The minimum Gasteiger partial charge on any atom is -0.394 e. The number of aromatic nitrogens is 2. The molecule has 1 atom stereocenters. The molecular formula is C10H20N4O3S. The molecule has 8 heteroatoms. The van der Waals surface area contributed by atoms with Gasteiger partial charge >= 0.3 is 0 Å². The van der Waals surface area contributed by atoms with Gasteiger partial charge in [0.25, 0.3) is 0 Å². The number of nitrogens with zero attached hydrogens (tertiary/aromatic N) is 3.